The summed E-state index contributed by atoms with van der Waals surface area (Å²) >= 11 is 5.74. The molecule has 4 N–H and O–H groups in total. The highest BCUT2D eigenvalue weighted by Crippen LogP contribution is 2.32. The smallest absolute Gasteiger partial charge is 0.224 e. The fraction of sp³-hybridized carbons (Fsp3) is 0.600. The van der Waals surface area contributed by atoms with Crippen molar-refractivity contribution in [2.75, 3.05) is 17.6 Å². The van der Waals surface area contributed by atoms with Gasteiger partial charge < -0.3 is 16.2 Å². The number of nitrogens with one attached hydrogen (secondary N) is 1. The zero-order valence-corrected chi connectivity index (χ0v) is 9.88. The number of halogens is 1. The van der Waals surface area contributed by atoms with Gasteiger partial charge >= 0.3 is 0 Å². The van der Waals surface area contributed by atoms with E-state index in [1.165, 1.54) is 0 Å². The van der Waals surface area contributed by atoms with Crippen molar-refractivity contribution in [1.29, 1.82) is 0 Å². The van der Waals surface area contributed by atoms with Gasteiger partial charge in [-0.25, -0.2) is 4.98 Å². The van der Waals surface area contributed by atoms with E-state index in [0.29, 0.717) is 23.7 Å². The molecule has 88 valence electrons. The Balaban J connectivity index is 2.09. The number of aryl methyl sites for hydroxylation is 1. The van der Waals surface area contributed by atoms with Gasteiger partial charge in [0.1, 0.15) is 0 Å². The Bertz CT molecular complexity index is 406. The molecule has 1 aliphatic carbocycles. The van der Waals surface area contributed by atoms with Gasteiger partial charge in [0.2, 0.25) is 5.28 Å². The second-order valence-electron chi connectivity index (χ2n) is 4.27. The maximum Gasteiger partial charge on any atom is 0.224 e. The summed E-state index contributed by atoms with van der Waals surface area (Å²) in [7, 11) is 0. The van der Waals surface area contributed by atoms with Gasteiger partial charge in [0.05, 0.1) is 17.0 Å². The van der Waals surface area contributed by atoms with Crippen LogP contribution in [0.2, 0.25) is 5.28 Å². The lowest BCUT2D eigenvalue weighted by molar-refractivity contribution is -0.0202. The third-order valence-corrected chi connectivity index (χ3v) is 3.15. The number of aromatic nitrogens is 2. The van der Waals surface area contributed by atoms with Gasteiger partial charge in [-0.2, -0.15) is 4.98 Å². The van der Waals surface area contributed by atoms with Crippen molar-refractivity contribution in [3.63, 3.8) is 0 Å². The van der Waals surface area contributed by atoms with Crippen molar-refractivity contribution < 1.29 is 5.11 Å². The lowest BCUT2D eigenvalue weighted by Crippen LogP contribution is -2.43. The first-order chi connectivity index (χ1) is 7.50. The van der Waals surface area contributed by atoms with Crippen molar-refractivity contribution in [1.82, 2.24) is 9.97 Å². The molecule has 6 heteroatoms. The van der Waals surface area contributed by atoms with E-state index < -0.39 is 5.60 Å². The maximum atomic E-state index is 9.92. The first-order valence-corrected chi connectivity index (χ1v) is 5.64. The third kappa shape index (κ3) is 2.20. The van der Waals surface area contributed by atoms with E-state index in [0.717, 1.165) is 19.3 Å². The number of nitrogen functional groups attached to an aromatic ring is 1. The molecule has 0 atom stereocenters. The summed E-state index contributed by atoms with van der Waals surface area (Å²) in [5.74, 6) is 0.498. The summed E-state index contributed by atoms with van der Waals surface area (Å²) in [5, 5.41) is 13.1. The Kier molecular flexibility index (Phi) is 2.90. The monoisotopic (exact) mass is 242 g/mol. The molecule has 0 aliphatic heterocycles. The van der Waals surface area contributed by atoms with Gasteiger partial charge in [-0.1, -0.05) is 0 Å². The molecule has 1 heterocycles. The van der Waals surface area contributed by atoms with Crippen LogP contribution >= 0.6 is 11.6 Å². The fourth-order valence-electron chi connectivity index (χ4n) is 1.69. The summed E-state index contributed by atoms with van der Waals surface area (Å²) in [6, 6.07) is 0. The van der Waals surface area contributed by atoms with E-state index in [9.17, 15) is 5.11 Å². The molecular formula is C10H15ClN4O. The van der Waals surface area contributed by atoms with Gasteiger partial charge in [0.15, 0.2) is 5.82 Å². The Morgan fingerprint density at radius 1 is 1.50 bits per heavy atom. The van der Waals surface area contributed by atoms with E-state index in [1.54, 1.807) is 6.92 Å². The van der Waals surface area contributed by atoms with E-state index >= 15 is 0 Å². The number of anilines is 2. The van der Waals surface area contributed by atoms with Crippen molar-refractivity contribution in [2.45, 2.75) is 31.8 Å². The van der Waals surface area contributed by atoms with Crippen LogP contribution in [-0.4, -0.2) is 27.2 Å². The molecule has 0 bridgehead atoms. The fourth-order valence-corrected chi connectivity index (χ4v) is 1.90. The van der Waals surface area contributed by atoms with Crippen LogP contribution in [0, 0.1) is 6.92 Å². The Morgan fingerprint density at radius 2 is 2.19 bits per heavy atom. The number of hydrogen-bond donors (Lipinski definition) is 3. The zero-order valence-electron chi connectivity index (χ0n) is 9.13. The lowest BCUT2D eigenvalue weighted by Gasteiger charge is -2.36. The molecule has 0 aromatic carbocycles. The quantitative estimate of drug-likeness (QED) is 0.697. The van der Waals surface area contributed by atoms with Gasteiger partial charge in [-0.05, 0) is 37.8 Å². The second-order valence-corrected chi connectivity index (χ2v) is 4.61. The third-order valence-electron chi connectivity index (χ3n) is 2.98. The van der Waals surface area contributed by atoms with Crippen LogP contribution in [0.15, 0.2) is 0 Å². The molecule has 0 saturated heterocycles. The van der Waals surface area contributed by atoms with Gasteiger partial charge in [0, 0.05) is 6.54 Å². The summed E-state index contributed by atoms with van der Waals surface area (Å²) in [6.07, 6.45) is 2.70. The largest absolute Gasteiger partial charge is 0.394 e. The zero-order chi connectivity index (χ0) is 11.8. The van der Waals surface area contributed by atoms with Crippen LogP contribution < -0.4 is 11.1 Å². The van der Waals surface area contributed by atoms with E-state index in [2.05, 4.69) is 15.3 Å². The topological polar surface area (TPSA) is 84.1 Å². The van der Waals surface area contributed by atoms with Crippen LogP contribution in [0.5, 0.6) is 0 Å². The average molecular weight is 243 g/mol. The molecule has 0 amide bonds. The maximum absolute atomic E-state index is 9.92. The van der Waals surface area contributed by atoms with Crippen LogP contribution in [-0.2, 0) is 0 Å². The number of aliphatic hydroxyl groups is 1. The molecule has 1 aliphatic rings. The highest BCUT2D eigenvalue weighted by molar-refractivity contribution is 6.28. The molecule has 16 heavy (non-hydrogen) atoms. The molecule has 0 unspecified atom stereocenters. The minimum Gasteiger partial charge on any atom is -0.394 e. The number of rotatable bonds is 3. The highest BCUT2D eigenvalue weighted by Gasteiger charge is 2.34. The molecule has 2 rings (SSSR count). The minimum atomic E-state index is -0.613. The highest BCUT2D eigenvalue weighted by atomic mass is 35.5. The minimum absolute atomic E-state index is 0.162. The standard InChI is InChI=1S/C10H15ClN4O/c1-6-7(12)8(15-9(11)14-6)13-5-10(16)3-2-4-10/h16H,2-5,12H2,1H3,(H,13,14,15). The Morgan fingerprint density at radius 3 is 2.75 bits per heavy atom. The second kappa shape index (κ2) is 4.07. The number of hydrogen-bond acceptors (Lipinski definition) is 5. The van der Waals surface area contributed by atoms with Gasteiger partial charge in [-0.3, -0.25) is 0 Å². The van der Waals surface area contributed by atoms with E-state index in [4.69, 9.17) is 17.3 Å². The molecule has 0 radical (unpaired) electrons. The molecule has 1 aromatic rings. The predicted octanol–water partition coefficient (Wildman–Crippen LogP) is 1.35. The van der Waals surface area contributed by atoms with Crippen LogP contribution in [0.25, 0.3) is 0 Å². The normalized spacial score (nSPS) is 17.9. The number of nitrogens with zero attached hydrogens (tertiary/aromatic N) is 2. The molecule has 5 nitrogen and oxygen atoms in total. The summed E-state index contributed by atoms with van der Waals surface area (Å²) in [5.41, 5.74) is 6.32. The average Bonchev–Trinajstić information content (AvgIpc) is 2.18. The molecule has 0 spiro atoms. The van der Waals surface area contributed by atoms with Crippen LogP contribution in [0.4, 0.5) is 11.5 Å². The number of nitrogens with two attached hydrogens (primary N) is 1. The van der Waals surface area contributed by atoms with Gasteiger partial charge in [0.25, 0.3) is 0 Å². The van der Waals surface area contributed by atoms with Crippen LogP contribution in [0.1, 0.15) is 25.0 Å². The van der Waals surface area contributed by atoms with Crippen molar-refractivity contribution in [3.8, 4) is 0 Å². The summed E-state index contributed by atoms with van der Waals surface area (Å²) in [6.45, 7) is 2.22. The first kappa shape index (κ1) is 11.4. The summed E-state index contributed by atoms with van der Waals surface area (Å²) in [4.78, 5) is 7.94. The predicted molar refractivity (Wildman–Crippen MR) is 63.5 cm³/mol. The SMILES string of the molecule is Cc1nc(Cl)nc(NCC2(O)CCC2)c1N. The van der Waals surface area contributed by atoms with E-state index in [-0.39, 0.29) is 5.28 Å². The summed E-state index contributed by atoms with van der Waals surface area (Å²) < 4.78 is 0. The van der Waals surface area contributed by atoms with Crippen LogP contribution in [0.3, 0.4) is 0 Å². The lowest BCUT2D eigenvalue weighted by atomic mass is 9.80. The van der Waals surface area contributed by atoms with Crippen molar-refractivity contribution in [2.24, 2.45) is 0 Å². The molecule has 1 aromatic heterocycles. The van der Waals surface area contributed by atoms with E-state index in [1.807, 2.05) is 0 Å². The molecule has 1 fully saturated rings. The first-order valence-electron chi connectivity index (χ1n) is 5.26. The molecular weight excluding hydrogens is 228 g/mol. The Hall–Kier alpha value is -1.07. The Labute approximate surface area is 99.0 Å². The van der Waals surface area contributed by atoms with Gasteiger partial charge in [-0.15, -0.1) is 0 Å². The van der Waals surface area contributed by atoms with Crippen molar-refractivity contribution in [3.05, 3.63) is 11.0 Å². The molecule has 1 saturated carbocycles. The van der Waals surface area contributed by atoms with Crippen molar-refractivity contribution >= 4 is 23.1 Å².